The molecule has 4 aromatic rings. The number of benzene rings is 3. The summed E-state index contributed by atoms with van der Waals surface area (Å²) in [6.45, 7) is 2.06. The second-order valence-electron chi connectivity index (χ2n) is 8.32. The van der Waals surface area contributed by atoms with Crippen molar-refractivity contribution in [1.29, 1.82) is 0 Å². The fourth-order valence-electron chi connectivity index (χ4n) is 4.44. The molecule has 3 aromatic carbocycles. The van der Waals surface area contributed by atoms with Crippen LogP contribution in [0, 0.1) is 0 Å². The van der Waals surface area contributed by atoms with Crippen LogP contribution in [0.1, 0.15) is 24.4 Å². The Morgan fingerprint density at radius 3 is 2.56 bits per heavy atom. The zero-order chi connectivity index (χ0) is 24.6. The molecule has 6 rings (SSSR count). The van der Waals surface area contributed by atoms with Crippen LogP contribution in [0.15, 0.2) is 83.0 Å². The Morgan fingerprint density at radius 1 is 1.00 bits per heavy atom. The summed E-state index contributed by atoms with van der Waals surface area (Å²) in [5.74, 6) is 2.73. The van der Waals surface area contributed by atoms with Crippen LogP contribution < -0.4 is 24.4 Å². The molecular weight excluding hydrogens is 460 g/mol. The summed E-state index contributed by atoms with van der Waals surface area (Å²) < 4.78 is 21.9. The van der Waals surface area contributed by atoms with E-state index in [2.05, 4.69) is 10.5 Å². The lowest BCUT2D eigenvalue weighted by Crippen LogP contribution is -2.46. The van der Waals surface area contributed by atoms with Crippen molar-refractivity contribution in [1.82, 2.24) is 15.5 Å². The first-order chi connectivity index (χ1) is 17.6. The number of carbonyl (C=O) groups is 1. The highest BCUT2D eigenvalue weighted by atomic mass is 16.7. The van der Waals surface area contributed by atoms with Crippen molar-refractivity contribution in [2.45, 2.75) is 13.0 Å². The van der Waals surface area contributed by atoms with Gasteiger partial charge in [0, 0.05) is 11.3 Å². The van der Waals surface area contributed by atoms with Crippen molar-refractivity contribution in [2.24, 2.45) is 0 Å². The van der Waals surface area contributed by atoms with Crippen molar-refractivity contribution >= 4 is 17.3 Å². The normalized spacial score (nSPS) is 16.8. The van der Waals surface area contributed by atoms with Crippen LogP contribution in [-0.4, -0.2) is 30.1 Å². The number of amides is 2. The zero-order valence-electron chi connectivity index (χ0n) is 19.6. The quantitative estimate of drug-likeness (QED) is 0.419. The Balaban J connectivity index is 1.45. The van der Waals surface area contributed by atoms with E-state index in [4.69, 9.17) is 23.7 Å². The SMILES string of the molecule is COc1ccc(N2C(=O)NC(c3ccccc3)C(c3nc(-c4ccc5c(c4)OCO5)no3)=C2C)cc1. The molecule has 1 unspecified atom stereocenters. The molecule has 3 heterocycles. The van der Waals surface area contributed by atoms with Crippen molar-refractivity contribution < 1.29 is 23.5 Å². The number of rotatable bonds is 5. The highest BCUT2D eigenvalue weighted by Crippen LogP contribution is 2.40. The summed E-state index contributed by atoms with van der Waals surface area (Å²) in [6, 6.07) is 21.7. The Morgan fingerprint density at radius 2 is 1.78 bits per heavy atom. The van der Waals surface area contributed by atoms with Crippen molar-refractivity contribution in [3.8, 4) is 28.6 Å². The van der Waals surface area contributed by atoms with Crippen LogP contribution >= 0.6 is 0 Å². The molecule has 0 bridgehead atoms. The van der Waals surface area contributed by atoms with Gasteiger partial charge in [-0.05, 0) is 55.0 Å². The first-order valence-corrected chi connectivity index (χ1v) is 11.4. The van der Waals surface area contributed by atoms with E-state index in [1.54, 1.807) is 12.0 Å². The van der Waals surface area contributed by atoms with Gasteiger partial charge >= 0.3 is 6.03 Å². The van der Waals surface area contributed by atoms with Crippen LogP contribution in [0.2, 0.25) is 0 Å². The largest absolute Gasteiger partial charge is 0.497 e. The highest BCUT2D eigenvalue weighted by molar-refractivity contribution is 6.01. The molecule has 0 aliphatic carbocycles. The van der Waals surface area contributed by atoms with Crippen molar-refractivity contribution in [3.63, 3.8) is 0 Å². The molecule has 0 saturated carbocycles. The van der Waals surface area contributed by atoms with Gasteiger partial charge in [-0.2, -0.15) is 4.98 Å². The van der Waals surface area contributed by atoms with E-state index < -0.39 is 6.04 Å². The van der Waals surface area contributed by atoms with Gasteiger partial charge in [-0.3, -0.25) is 4.90 Å². The molecule has 36 heavy (non-hydrogen) atoms. The van der Waals surface area contributed by atoms with Gasteiger partial charge in [-0.15, -0.1) is 0 Å². The predicted molar refractivity (Wildman–Crippen MR) is 132 cm³/mol. The number of ether oxygens (including phenoxy) is 3. The molecule has 0 fully saturated rings. The van der Waals surface area contributed by atoms with E-state index in [0.29, 0.717) is 45.9 Å². The van der Waals surface area contributed by atoms with Gasteiger partial charge in [0.1, 0.15) is 5.75 Å². The van der Waals surface area contributed by atoms with E-state index in [0.717, 1.165) is 11.1 Å². The summed E-state index contributed by atoms with van der Waals surface area (Å²) >= 11 is 0. The van der Waals surface area contributed by atoms with Gasteiger partial charge in [0.25, 0.3) is 5.89 Å². The van der Waals surface area contributed by atoms with E-state index in [1.807, 2.05) is 79.7 Å². The smallest absolute Gasteiger partial charge is 0.326 e. The minimum absolute atomic E-state index is 0.183. The number of fused-ring (bicyclic) bond motifs is 1. The molecule has 9 nitrogen and oxygen atoms in total. The fourth-order valence-corrected chi connectivity index (χ4v) is 4.44. The number of nitrogens with one attached hydrogen (secondary N) is 1. The number of anilines is 1. The van der Waals surface area contributed by atoms with Crippen LogP contribution in [0.5, 0.6) is 17.2 Å². The van der Waals surface area contributed by atoms with Crippen LogP contribution in [0.25, 0.3) is 17.0 Å². The summed E-state index contributed by atoms with van der Waals surface area (Å²) in [4.78, 5) is 19.6. The average molecular weight is 482 g/mol. The number of nitrogens with zero attached hydrogens (tertiary/aromatic N) is 3. The molecule has 0 spiro atoms. The Bertz CT molecular complexity index is 1460. The molecule has 0 saturated heterocycles. The van der Waals surface area contributed by atoms with Gasteiger partial charge in [0.05, 0.1) is 24.4 Å². The molecule has 1 atom stereocenters. The number of hydrogen-bond donors (Lipinski definition) is 1. The second kappa shape index (κ2) is 8.77. The summed E-state index contributed by atoms with van der Waals surface area (Å²) in [7, 11) is 1.60. The summed E-state index contributed by atoms with van der Waals surface area (Å²) in [5, 5.41) is 7.33. The number of aromatic nitrogens is 2. The maximum atomic E-state index is 13.3. The third kappa shape index (κ3) is 3.70. The standard InChI is InChI=1S/C27H22N4O5/c1-16-23(26-29-25(30-36-26)18-8-13-21-22(14-18)35-15-34-21)24(17-6-4-3-5-7-17)28-27(32)31(16)19-9-11-20(33-2)12-10-19/h3-14,24H,15H2,1-2H3,(H,28,32). The van der Waals surface area contributed by atoms with Gasteiger partial charge < -0.3 is 24.1 Å². The van der Waals surface area contributed by atoms with Gasteiger partial charge in [0.15, 0.2) is 11.5 Å². The molecule has 1 aromatic heterocycles. The number of allylic oxidation sites excluding steroid dienone is 1. The van der Waals surface area contributed by atoms with Crippen molar-refractivity contribution in [3.05, 3.63) is 89.9 Å². The topological polar surface area (TPSA) is 99.0 Å². The molecule has 2 aliphatic heterocycles. The first kappa shape index (κ1) is 21.7. The van der Waals surface area contributed by atoms with E-state index in [9.17, 15) is 4.79 Å². The monoisotopic (exact) mass is 482 g/mol. The number of hydrogen-bond acceptors (Lipinski definition) is 7. The lowest BCUT2D eigenvalue weighted by atomic mass is 9.94. The molecule has 180 valence electrons. The minimum Gasteiger partial charge on any atom is -0.497 e. The van der Waals surface area contributed by atoms with Crippen LogP contribution in [0.3, 0.4) is 0 Å². The zero-order valence-corrected chi connectivity index (χ0v) is 19.6. The lowest BCUT2D eigenvalue weighted by Gasteiger charge is -2.35. The van der Waals surface area contributed by atoms with E-state index in [-0.39, 0.29) is 12.8 Å². The maximum absolute atomic E-state index is 13.3. The Labute approximate surface area is 206 Å². The Kier molecular flexibility index (Phi) is 5.29. The van der Waals surface area contributed by atoms with E-state index in [1.165, 1.54) is 0 Å². The first-order valence-electron chi connectivity index (χ1n) is 11.4. The molecule has 9 heteroatoms. The van der Waals surface area contributed by atoms with Crippen LogP contribution in [-0.2, 0) is 0 Å². The molecule has 2 aliphatic rings. The predicted octanol–water partition coefficient (Wildman–Crippen LogP) is 5.18. The molecular formula is C27H22N4O5. The molecule has 1 N–H and O–H groups in total. The lowest BCUT2D eigenvalue weighted by molar-refractivity contribution is 0.174. The number of urea groups is 1. The highest BCUT2D eigenvalue weighted by Gasteiger charge is 2.36. The summed E-state index contributed by atoms with van der Waals surface area (Å²) in [6.07, 6.45) is 0. The third-order valence-electron chi connectivity index (χ3n) is 6.24. The third-order valence-corrected chi connectivity index (χ3v) is 6.24. The van der Waals surface area contributed by atoms with Crippen LogP contribution in [0.4, 0.5) is 10.5 Å². The molecule has 0 radical (unpaired) electrons. The van der Waals surface area contributed by atoms with Crippen molar-refractivity contribution in [2.75, 3.05) is 18.8 Å². The number of carbonyl (C=O) groups excluding carboxylic acids is 1. The summed E-state index contributed by atoms with van der Waals surface area (Å²) in [5.41, 5.74) is 3.70. The fraction of sp³-hybridized carbons (Fsp3) is 0.148. The Hall–Kier alpha value is -4.79. The van der Waals surface area contributed by atoms with Gasteiger partial charge in [-0.25, -0.2) is 4.79 Å². The van der Waals surface area contributed by atoms with Gasteiger partial charge in [-0.1, -0.05) is 35.5 Å². The minimum atomic E-state index is -0.474. The molecule has 2 amide bonds. The maximum Gasteiger partial charge on any atom is 0.326 e. The average Bonchev–Trinajstić information content (AvgIpc) is 3.59. The van der Waals surface area contributed by atoms with Gasteiger partial charge in [0.2, 0.25) is 12.6 Å². The van der Waals surface area contributed by atoms with E-state index >= 15 is 0 Å². The second-order valence-corrected chi connectivity index (χ2v) is 8.32. The number of methoxy groups -OCH3 is 1.